The third-order valence-electron chi connectivity index (χ3n) is 3.72. The Labute approximate surface area is 124 Å². The lowest BCUT2D eigenvalue weighted by Crippen LogP contribution is -2.38. The van der Waals surface area contributed by atoms with E-state index in [2.05, 4.69) is 12.2 Å². The predicted molar refractivity (Wildman–Crippen MR) is 84.7 cm³/mol. The van der Waals surface area contributed by atoms with Crippen molar-refractivity contribution in [2.24, 2.45) is 0 Å². The largest absolute Gasteiger partial charge is 0.347 e. The Morgan fingerprint density at radius 2 is 1.35 bits per heavy atom. The van der Waals surface area contributed by atoms with E-state index in [0.29, 0.717) is 12.8 Å². The molecule has 118 valence electrons. The molecule has 0 aromatic heterocycles. The number of hydrogen-bond acceptors (Lipinski definition) is 2. The third-order valence-corrected chi connectivity index (χ3v) is 3.72. The Kier molecular flexibility index (Phi) is 12.6. The molecule has 3 nitrogen and oxygen atoms in total. The summed E-state index contributed by atoms with van der Waals surface area (Å²) in [5, 5.41) is 2.77. The van der Waals surface area contributed by atoms with Gasteiger partial charge in [0, 0.05) is 12.8 Å². The van der Waals surface area contributed by atoms with Gasteiger partial charge in [0.2, 0.25) is 5.91 Å². The molecule has 1 N–H and O–H groups in total. The van der Waals surface area contributed by atoms with Gasteiger partial charge in [-0.2, -0.15) is 0 Å². The zero-order valence-corrected chi connectivity index (χ0v) is 13.7. The average molecular weight is 283 g/mol. The minimum atomic E-state index is -0.328. The second-order valence-corrected chi connectivity index (χ2v) is 5.69. The molecule has 0 saturated carbocycles. The lowest BCUT2D eigenvalue weighted by molar-refractivity contribution is -0.127. The number of ketones is 1. The molecular weight excluding hydrogens is 250 g/mol. The molecule has 0 spiro atoms. The van der Waals surface area contributed by atoms with Crippen LogP contribution >= 0.6 is 0 Å². The SMILES string of the molecule is CCCCCCCCCCCC(=O)NC(C)C(=O)CC. The average Bonchev–Trinajstić information content (AvgIpc) is 2.44. The number of carbonyl (C=O) groups excluding carboxylic acids is 2. The summed E-state index contributed by atoms with van der Waals surface area (Å²) >= 11 is 0. The van der Waals surface area contributed by atoms with Crippen molar-refractivity contribution in [3.8, 4) is 0 Å². The van der Waals surface area contributed by atoms with Crippen LogP contribution in [0.5, 0.6) is 0 Å². The Hall–Kier alpha value is -0.860. The molecule has 3 heteroatoms. The van der Waals surface area contributed by atoms with Crippen LogP contribution in [0.1, 0.15) is 91.4 Å². The second kappa shape index (κ2) is 13.1. The van der Waals surface area contributed by atoms with Crippen molar-refractivity contribution in [2.75, 3.05) is 0 Å². The number of rotatable bonds is 13. The van der Waals surface area contributed by atoms with E-state index >= 15 is 0 Å². The molecule has 1 unspecified atom stereocenters. The fourth-order valence-corrected chi connectivity index (χ4v) is 2.30. The van der Waals surface area contributed by atoms with Gasteiger partial charge in [-0.1, -0.05) is 65.2 Å². The first-order valence-corrected chi connectivity index (χ1v) is 8.43. The highest BCUT2D eigenvalue weighted by molar-refractivity contribution is 5.88. The standard InChI is InChI=1S/C17H33NO2/c1-4-6-7-8-9-10-11-12-13-14-17(20)18-15(3)16(19)5-2/h15H,4-14H2,1-3H3,(H,18,20). The maximum atomic E-state index is 11.6. The van der Waals surface area contributed by atoms with Gasteiger partial charge in [0.15, 0.2) is 5.78 Å². The quantitative estimate of drug-likeness (QED) is 0.509. The molecule has 0 fully saturated rings. The zero-order chi connectivity index (χ0) is 15.2. The summed E-state index contributed by atoms with van der Waals surface area (Å²) in [6.07, 6.45) is 12.3. The first-order valence-electron chi connectivity index (χ1n) is 8.43. The second-order valence-electron chi connectivity index (χ2n) is 5.69. The van der Waals surface area contributed by atoms with Crippen LogP contribution in [0.15, 0.2) is 0 Å². The molecule has 0 aliphatic carbocycles. The number of hydrogen-bond donors (Lipinski definition) is 1. The van der Waals surface area contributed by atoms with Crippen LogP contribution in [0.4, 0.5) is 0 Å². The highest BCUT2D eigenvalue weighted by Crippen LogP contribution is 2.10. The summed E-state index contributed by atoms with van der Waals surface area (Å²) in [4.78, 5) is 23.0. The monoisotopic (exact) mass is 283 g/mol. The maximum Gasteiger partial charge on any atom is 0.220 e. The lowest BCUT2D eigenvalue weighted by Gasteiger charge is -2.11. The highest BCUT2D eigenvalue weighted by Gasteiger charge is 2.12. The van der Waals surface area contributed by atoms with E-state index in [1.807, 2.05) is 6.92 Å². The van der Waals surface area contributed by atoms with Gasteiger partial charge in [-0.25, -0.2) is 0 Å². The summed E-state index contributed by atoms with van der Waals surface area (Å²) in [5.41, 5.74) is 0. The van der Waals surface area contributed by atoms with Crippen molar-refractivity contribution in [3.05, 3.63) is 0 Å². The van der Waals surface area contributed by atoms with E-state index < -0.39 is 0 Å². The fourth-order valence-electron chi connectivity index (χ4n) is 2.30. The first-order chi connectivity index (χ1) is 9.61. The van der Waals surface area contributed by atoms with Crippen molar-refractivity contribution < 1.29 is 9.59 Å². The Morgan fingerprint density at radius 3 is 1.85 bits per heavy atom. The summed E-state index contributed by atoms with van der Waals surface area (Å²) < 4.78 is 0. The molecule has 0 bridgehead atoms. The number of nitrogens with one attached hydrogen (secondary N) is 1. The van der Waals surface area contributed by atoms with Crippen LogP contribution in [-0.2, 0) is 9.59 Å². The Balaban J connectivity index is 3.37. The van der Waals surface area contributed by atoms with Crippen molar-refractivity contribution in [1.82, 2.24) is 5.32 Å². The fraction of sp³-hybridized carbons (Fsp3) is 0.882. The predicted octanol–water partition coefficient (Wildman–Crippen LogP) is 4.39. The minimum absolute atomic E-state index is 0.0160. The van der Waals surface area contributed by atoms with Gasteiger partial charge in [0.25, 0.3) is 0 Å². The molecular formula is C17H33NO2. The van der Waals surface area contributed by atoms with E-state index in [-0.39, 0.29) is 17.7 Å². The van der Waals surface area contributed by atoms with Gasteiger partial charge in [-0.3, -0.25) is 9.59 Å². The van der Waals surface area contributed by atoms with Crippen LogP contribution in [0.3, 0.4) is 0 Å². The molecule has 0 rings (SSSR count). The molecule has 0 aliphatic heterocycles. The number of carbonyl (C=O) groups is 2. The van der Waals surface area contributed by atoms with E-state index in [9.17, 15) is 9.59 Å². The molecule has 0 aromatic rings. The molecule has 0 saturated heterocycles. The molecule has 0 radical (unpaired) electrons. The first kappa shape index (κ1) is 19.1. The van der Waals surface area contributed by atoms with Gasteiger partial charge < -0.3 is 5.32 Å². The van der Waals surface area contributed by atoms with Crippen LogP contribution in [0, 0.1) is 0 Å². The maximum absolute atomic E-state index is 11.6. The van der Waals surface area contributed by atoms with Crippen molar-refractivity contribution in [3.63, 3.8) is 0 Å². The smallest absolute Gasteiger partial charge is 0.220 e. The summed E-state index contributed by atoms with van der Waals surface area (Å²) in [6, 6.07) is -0.328. The zero-order valence-electron chi connectivity index (χ0n) is 13.7. The molecule has 0 aromatic carbocycles. The highest BCUT2D eigenvalue weighted by atomic mass is 16.2. The van der Waals surface area contributed by atoms with Crippen molar-refractivity contribution in [1.29, 1.82) is 0 Å². The van der Waals surface area contributed by atoms with Gasteiger partial charge in [0.1, 0.15) is 0 Å². The normalized spacial score (nSPS) is 12.2. The van der Waals surface area contributed by atoms with E-state index in [1.165, 1.54) is 44.9 Å². The van der Waals surface area contributed by atoms with Crippen LogP contribution in [0.2, 0.25) is 0 Å². The molecule has 0 aliphatic rings. The van der Waals surface area contributed by atoms with Crippen LogP contribution in [0.25, 0.3) is 0 Å². The van der Waals surface area contributed by atoms with Gasteiger partial charge in [0.05, 0.1) is 6.04 Å². The minimum Gasteiger partial charge on any atom is -0.347 e. The van der Waals surface area contributed by atoms with Gasteiger partial charge >= 0.3 is 0 Å². The van der Waals surface area contributed by atoms with E-state index in [4.69, 9.17) is 0 Å². The van der Waals surface area contributed by atoms with Crippen LogP contribution < -0.4 is 5.32 Å². The molecule has 1 amide bonds. The Bertz CT molecular complexity index is 264. The molecule has 20 heavy (non-hydrogen) atoms. The van der Waals surface area contributed by atoms with E-state index in [0.717, 1.165) is 12.8 Å². The topological polar surface area (TPSA) is 46.2 Å². The van der Waals surface area contributed by atoms with Crippen LogP contribution in [-0.4, -0.2) is 17.7 Å². The summed E-state index contributed by atoms with van der Waals surface area (Å²) in [7, 11) is 0. The van der Waals surface area contributed by atoms with Gasteiger partial charge in [-0.15, -0.1) is 0 Å². The number of unbranched alkanes of at least 4 members (excludes halogenated alkanes) is 8. The van der Waals surface area contributed by atoms with Crippen molar-refractivity contribution >= 4 is 11.7 Å². The Morgan fingerprint density at radius 1 is 0.850 bits per heavy atom. The number of amides is 1. The third kappa shape index (κ3) is 11.0. The number of Topliss-reactive ketones (excluding diaryl/α,β-unsaturated/α-hetero) is 1. The summed E-state index contributed by atoms with van der Waals surface area (Å²) in [5.74, 6) is 0.118. The summed E-state index contributed by atoms with van der Waals surface area (Å²) in [6.45, 7) is 5.82. The van der Waals surface area contributed by atoms with E-state index in [1.54, 1.807) is 6.92 Å². The molecule has 0 heterocycles. The van der Waals surface area contributed by atoms with Crippen molar-refractivity contribution in [2.45, 2.75) is 97.4 Å². The molecule has 1 atom stereocenters. The lowest BCUT2D eigenvalue weighted by atomic mass is 10.1. The van der Waals surface area contributed by atoms with Gasteiger partial charge in [-0.05, 0) is 13.3 Å².